The van der Waals surface area contributed by atoms with E-state index in [1.54, 1.807) is 9.47 Å². The molecule has 0 radical (unpaired) electrons. The molecule has 1 aliphatic heterocycles. The van der Waals surface area contributed by atoms with Gasteiger partial charge in [0.1, 0.15) is 17.0 Å². The smallest absolute Gasteiger partial charge is 0.224 e. The summed E-state index contributed by atoms with van der Waals surface area (Å²) in [5.41, 5.74) is 0.317. The van der Waals surface area contributed by atoms with Gasteiger partial charge in [-0.3, -0.25) is 9.36 Å². The van der Waals surface area contributed by atoms with Gasteiger partial charge in [-0.1, -0.05) is 0 Å². The Labute approximate surface area is 199 Å². The zero-order chi connectivity index (χ0) is 24.7. The maximum Gasteiger partial charge on any atom is 0.224 e. The molecule has 2 aromatic heterocycles. The number of aromatic nitrogens is 4. The third-order valence-corrected chi connectivity index (χ3v) is 6.68. The average Bonchev–Trinajstić information content (AvgIpc) is 3.42. The van der Waals surface area contributed by atoms with Gasteiger partial charge in [-0.25, -0.2) is 23.1 Å². The number of anilines is 3. The zero-order valence-electron chi connectivity index (χ0n) is 19.1. The highest BCUT2D eigenvalue weighted by Gasteiger charge is 2.30. The van der Waals surface area contributed by atoms with Crippen LogP contribution in [-0.4, -0.2) is 60.7 Å². The number of fused-ring (bicyclic) bond motifs is 1. The second-order valence-electron chi connectivity index (χ2n) is 9.13. The number of imidazole rings is 1. The van der Waals surface area contributed by atoms with Crippen LogP contribution in [0, 0.1) is 17.5 Å². The van der Waals surface area contributed by atoms with E-state index in [1.807, 2.05) is 0 Å². The van der Waals surface area contributed by atoms with Crippen molar-refractivity contribution in [2.75, 3.05) is 23.7 Å². The van der Waals surface area contributed by atoms with E-state index in [0.717, 1.165) is 12.8 Å². The Kier molecular flexibility index (Phi) is 6.22. The number of amides is 1. The summed E-state index contributed by atoms with van der Waals surface area (Å²) in [6, 6.07) is 1.06. The lowest BCUT2D eigenvalue weighted by atomic mass is 9.93. The number of likely N-dealkylation sites (tertiary alicyclic amines) is 1. The van der Waals surface area contributed by atoms with Gasteiger partial charge in [0, 0.05) is 38.2 Å². The Morgan fingerprint density at radius 3 is 2.46 bits per heavy atom. The fourth-order valence-electron chi connectivity index (χ4n) is 4.81. The Bertz CT molecular complexity index is 1240. The van der Waals surface area contributed by atoms with Gasteiger partial charge in [0.2, 0.25) is 17.8 Å². The minimum atomic E-state index is -1.09. The molecule has 1 saturated heterocycles. The lowest BCUT2D eigenvalue weighted by Gasteiger charge is -2.26. The number of hydrogen-bond acceptors (Lipinski definition) is 7. The van der Waals surface area contributed by atoms with E-state index in [1.165, 1.54) is 13.1 Å². The molecule has 1 aromatic carbocycles. The Morgan fingerprint density at radius 1 is 1.09 bits per heavy atom. The first kappa shape index (κ1) is 23.3. The number of hydrogen-bond donors (Lipinski definition) is 3. The fourth-order valence-corrected chi connectivity index (χ4v) is 4.81. The van der Waals surface area contributed by atoms with Crippen LogP contribution in [0.3, 0.4) is 0 Å². The number of benzene rings is 1. The van der Waals surface area contributed by atoms with Crippen LogP contribution in [0.5, 0.6) is 0 Å². The van der Waals surface area contributed by atoms with E-state index in [-0.39, 0.29) is 30.0 Å². The molecule has 1 aliphatic carbocycles. The summed E-state index contributed by atoms with van der Waals surface area (Å²) in [4.78, 5) is 27.1. The van der Waals surface area contributed by atoms with Crippen molar-refractivity contribution in [1.82, 2.24) is 24.4 Å². The summed E-state index contributed by atoms with van der Waals surface area (Å²) < 4.78 is 43.9. The lowest BCUT2D eigenvalue weighted by Crippen LogP contribution is -2.29. The van der Waals surface area contributed by atoms with Crippen molar-refractivity contribution < 1.29 is 23.1 Å². The number of aliphatic hydroxyl groups is 1. The van der Waals surface area contributed by atoms with E-state index < -0.39 is 23.1 Å². The van der Waals surface area contributed by atoms with Crippen LogP contribution in [-0.2, 0) is 4.79 Å². The summed E-state index contributed by atoms with van der Waals surface area (Å²) in [5, 5.41) is 15.7. The molecule has 0 unspecified atom stereocenters. The summed E-state index contributed by atoms with van der Waals surface area (Å²) in [6.07, 6.45) is 4.81. The number of carbonyl (C=O) groups excluding carboxylic acids is 1. The van der Waals surface area contributed by atoms with Crippen LogP contribution in [0.15, 0.2) is 18.3 Å². The molecule has 1 amide bonds. The van der Waals surface area contributed by atoms with Crippen molar-refractivity contribution in [3.63, 3.8) is 0 Å². The SMILES string of the molecule is CC(=O)N1CC[C@H](n2c(Nc3c(F)cc(F)cc3F)nc3cnc(NC4CCC(O)CC4)nc32)C1. The maximum absolute atomic E-state index is 14.4. The van der Waals surface area contributed by atoms with Gasteiger partial charge in [-0.05, 0) is 32.1 Å². The first-order chi connectivity index (χ1) is 16.8. The molecular formula is C23H26F3N7O2. The fraction of sp³-hybridized carbons (Fsp3) is 0.478. The number of rotatable bonds is 5. The Hall–Kier alpha value is -3.41. The van der Waals surface area contributed by atoms with Crippen LogP contribution < -0.4 is 10.6 Å². The van der Waals surface area contributed by atoms with Crippen LogP contribution in [0.25, 0.3) is 11.2 Å². The largest absolute Gasteiger partial charge is 0.393 e. The van der Waals surface area contributed by atoms with Crippen molar-refractivity contribution in [3.05, 3.63) is 35.8 Å². The minimum Gasteiger partial charge on any atom is -0.393 e. The van der Waals surface area contributed by atoms with Gasteiger partial charge < -0.3 is 20.6 Å². The first-order valence-electron chi connectivity index (χ1n) is 11.6. The molecule has 186 valence electrons. The molecule has 5 rings (SSSR count). The topological polar surface area (TPSA) is 108 Å². The number of halogens is 3. The molecule has 2 aliphatic rings. The molecule has 12 heteroatoms. The third-order valence-electron chi connectivity index (χ3n) is 6.68. The molecule has 1 saturated carbocycles. The predicted octanol–water partition coefficient (Wildman–Crippen LogP) is 3.50. The Balaban J connectivity index is 1.52. The maximum atomic E-state index is 14.4. The van der Waals surface area contributed by atoms with Gasteiger partial charge in [0.05, 0.1) is 18.3 Å². The van der Waals surface area contributed by atoms with Crippen LogP contribution in [0.4, 0.5) is 30.8 Å². The normalized spacial score (nSPS) is 22.5. The molecule has 0 spiro atoms. The molecule has 0 bridgehead atoms. The van der Waals surface area contributed by atoms with Crippen molar-refractivity contribution in [1.29, 1.82) is 0 Å². The molecular weight excluding hydrogens is 463 g/mol. The van der Waals surface area contributed by atoms with E-state index in [4.69, 9.17) is 0 Å². The first-order valence-corrected chi connectivity index (χ1v) is 11.6. The summed E-state index contributed by atoms with van der Waals surface area (Å²) in [6.45, 7) is 2.40. The number of carbonyl (C=O) groups is 1. The minimum absolute atomic E-state index is 0.0708. The van der Waals surface area contributed by atoms with Gasteiger partial charge in [-0.15, -0.1) is 0 Å². The predicted molar refractivity (Wildman–Crippen MR) is 123 cm³/mol. The van der Waals surface area contributed by atoms with Crippen molar-refractivity contribution in [3.8, 4) is 0 Å². The van der Waals surface area contributed by atoms with Crippen molar-refractivity contribution in [2.45, 2.75) is 57.2 Å². The third kappa shape index (κ3) is 4.75. The summed E-state index contributed by atoms with van der Waals surface area (Å²) in [5.74, 6) is -2.78. The molecule has 3 aromatic rings. The van der Waals surface area contributed by atoms with Gasteiger partial charge >= 0.3 is 0 Å². The van der Waals surface area contributed by atoms with E-state index in [9.17, 15) is 23.1 Å². The number of nitrogens with one attached hydrogen (secondary N) is 2. The highest BCUT2D eigenvalue weighted by molar-refractivity contribution is 5.77. The van der Waals surface area contributed by atoms with Gasteiger partial charge in [-0.2, -0.15) is 4.98 Å². The standard InChI is InChI=1S/C23H26F3N7O2/c1-12(34)32-7-6-15(11-32)33-21-19(10-27-22(31-21)28-14-2-4-16(35)5-3-14)29-23(33)30-20-17(25)8-13(24)9-18(20)26/h8-10,14-16,35H,2-7,11H2,1H3,(H,29,30)(H,27,28,31)/t14?,15-,16?/m0/s1. The van der Waals surface area contributed by atoms with E-state index in [0.29, 0.717) is 61.6 Å². The Morgan fingerprint density at radius 2 is 1.80 bits per heavy atom. The summed E-state index contributed by atoms with van der Waals surface area (Å²) >= 11 is 0. The zero-order valence-corrected chi connectivity index (χ0v) is 19.1. The lowest BCUT2D eigenvalue weighted by molar-refractivity contribution is -0.127. The van der Waals surface area contributed by atoms with Gasteiger partial charge in [0.15, 0.2) is 17.3 Å². The van der Waals surface area contributed by atoms with Crippen LogP contribution in [0.2, 0.25) is 0 Å². The monoisotopic (exact) mass is 489 g/mol. The summed E-state index contributed by atoms with van der Waals surface area (Å²) in [7, 11) is 0. The van der Waals surface area contributed by atoms with Crippen molar-refractivity contribution in [2.24, 2.45) is 0 Å². The molecule has 3 heterocycles. The second-order valence-corrected chi connectivity index (χ2v) is 9.13. The van der Waals surface area contributed by atoms with E-state index in [2.05, 4.69) is 25.6 Å². The molecule has 35 heavy (non-hydrogen) atoms. The average molecular weight is 490 g/mol. The number of aliphatic hydroxyl groups excluding tert-OH is 1. The van der Waals surface area contributed by atoms with E-state index >= 15 is 0 Å². The highest BCUT2D eigenvalue weighted by Crippen LogP contribution is 2.33. The van der Waals surface area contributed by atoms with Crippen LogP contribution in [0.1, 0.15) is 45.1 Å². The number of nitrogens with zero attached hydrogens (tertiary/aromatic N) is 5. The molecule has 3 N–H and O–H groups in total. The van der Waals surface area contributed by atoms with Crippen LogP contribution >= 0.6 is 0 Å². The second kappa shape index (κ2) is 9.33. The van der Waals surface area contributed by atoms with Crippen molar-refractivity contribution >= 4 is 34.7 Å². The molecule has 9 nitrogen and oxygen atoms in total. The molecule has 2 fully saturated rings. The molecule has 1 atom stereocenters. The highest BCUT2D eigenvalue weighted by atomic mass is 19.1. The van der Waals surface area contributed by atoms with Gasteiger partial charge in [0.25, 0.3) is 0 Å². The quantitative estimate of drug-likeness (QED) is 0.504.